The summed E-state index contributed by atoms with van der Waals surface area (Å²) in [5, 5.41) is 0. The second kappa shape index (κ2) is 3.12. The molecule has 1 aliphatic rings. The molecule has 1 fully saturated rings. The zero-order valence-corrected chi connectivity index (χ0v) is 5.25. The molecule has 4 N–H and O–H groups in total. The van der Waals surface area contributed by atoms with Crippen molar-refractivity contribution in [1.29, 1.82) is 0 Å². The molecule has 0 aliphatic carbocycles. The van der Waals surface area contributed by atoms with Crippen molar-refractivity contribution >= 4 is 0 Å². The summed E-state index contributed by atoms with van der Waals surface area (Å²) in [6.45, 7) is 1.32. The van der Waals surface area contributed by atoms with E-state index in [4.69, 9.17) is 20.9 Å². The molecule has 4 nitrogen and oxygen atoms in total. The van der Waals surface area contributed by atoms with Crippen molar-refractivity contribution in [3.05, 3.63) is 0 Å². The molecule has 4 heteroatoms. The van der Waals surface area contributed by atoms with Gasteiger partial charge in [-0.05, 0) is 0 Å². The third kappa shape index (κ3) is 1.91. The summed E-state index contributed by atoms with van der Waals surface area (Å²) in [6.07, 6.45) is 0. The van der Waals surface area contributed by atoms with Crippen LogP contribution in [-0.4, -0.2) is 32.1 Å². The predicted molar refractivity (Wildman–Crippen MR) is 32.7 cm³/mol. The molecule has 0 aromatic heterocycles. The molecule has 54 valence electrons. The highest BCUT2D eigenvalue weighted by atomic mass is 16.7. The van der Waals surface area contributed by atoms with Crippen LogP contribution in [0.2, 0.25) is 0 Å². The number of nitrogens with two attached hydrogens (primary N) is 2. The molecule has 0 radical (unpaired) electrons. The topological polar surface area (TPSA) is 70.5 Å². The average Bonchev–Trinajstić information content (AvgIpc) is 1.99. The smallest absolute Gasteiger partial charge is 0.146 e. The minimum atomic E-state index is -0.0764. The van der Waals surface area contributed by atoms with Crippen molar-refractivity contribution in [1.82, 2.24) is 0 Å². The van der Waals surface area contributed by atoms with E-state index in [0.717, 1.165) is 0 Å². The highest BCUT2D eigenvalue weighted by Crippen LogP contribution is 1.95. The van der Waals surface area contributed by atoms with Crippen LogP contribution in [0.1, 0.15) is 0 Å². The molecule has 1 rings (SSSR count). The SMILES string of the molecule is NC1COCOCC1N. The van der Waals surface area contributed by atoms with Crippen LogP contribution in [0.25, 0.3) is 0 Å². The molecule has 0 amide bonds. The summed E-state index contributed by atoms with van der Waals surface area (Å²) in [6, 6.07) is -0.153. The van der Waals surface area contributed by atoms with Gasteiger partial charge >= 0.3 is 0 Å². The lowest BCUT2D eigenvalue weighted by atomic mass is 10.2. The Kier molecular flexibility index (Phi) is 2.41. The summed E-state index contributed by atoms with van der Waals surface area (Å²) >= 11 is 0. The van der Waals surface area contributed by atoms with Crippen LogP contribution in [-0.2, 0) is 9.47 Å². The van der Waals surface area contributed by atoms with E-state index in [2.05, 4.69) is 0 Å². The summed E-state index contributed by atoms with van der Waals surface area (Å²) in [7, 11) is 0. The van der Waals surface area contributed by atoms with Gasteiger partial charge in [0, 0.05) is 12.1 Å². The minimum Gasteiger partial charge on any atom is -0.354 e. The van der Waals surface area contributed by atoms with Gasteiger partial charge in [-0.2, -0.15) is 0 Å². The van der Waals surface area contributed by atoms with E-state index in [1.807, 2.05) is 0 Å². The van der Waals surface area contributed by atoms with E-state index in [-0.39, 0.29) is 12.1 Å². The van der Waals surface area contributed by atoms with Gasteiger partial charge in [0.2, 0.25) is 0 Å². The highest BCUT2D eigenvalue weighted by Gasteiger charge is 2.16. The van der Waals surface area contributed by atoms with E-state index in [1.165, 1.54) is 0 Å². The van der Waals surface area contributed by atoms with Crippen LogP contribution in [0.3, 0.4) is 0 Å². The Labute approximate surface area is 54.1 Å². The summed E-state index contributed by atoms with van der Waals surface area (Å²) in [4.78, 5) is 0. The molecule has 2 atom stereocenters. The van der Waals surface area contributed by atoms with Crippen LogP contribution in [0.5, 0.6) is 0 Å². The first-order valence-electron chi connectivity index (χ1n) is 2.97. The Morgan fingerprint density at radius 2 is 1.44 bits per heavy atom. The minimum absolute atomic E-state index is 0.0764. The van der Waals surface area contributed by atoms with Gasteiger partial charge in [0.15, 0.2) is 0 Å². The van der Waals surface area contributed by atoms with E-state index < -0.39 is 0 Å². The van der Waals surface area contributed by atoms with Crippen LogP contribution in [0, 0.1) is 0 Å². The molecule has 0 aromatic rings. The molecular weight excluding hydrogens is 120 g/mol. The predicted octanol–water partition coefficient (Wildman–Crippen LogP) is -1.35. The van der Waals surface area contributed by atoms with Crippen molar-refractivity contribution in [2.45, 2.75) is 12.1 Å². The van der Waals surface area contributed by atoms with Gasteiger partial charge in [-0.25, -0.2) is 0 Å². The fourth-order valence-electron chi connectivity index (χ4n) is 0.675. The van der Waals surface area contributed by atoms with Crippen LogP contribution >= 0.6 is 0 Å². The first-order valence-corrected chi connectivity index (χ1v) is 2.97. The lowest BCUT2D eigenvalue weighted by Crippen LogP contribution is -2.45. The highest BCUT2D eigenvalue weighted by molar-refractivity contribution is 4.75. The maximum Gasteiger partial charge on any atom is 0.146 e. The van der Waals surface area contributed by atoms with Crippen molar-refractivity contribution in [2.24, 2.45) is 11.5 Å². The molecule has 9 heavy (non-hydrogen) atoms. The summed E-state index contributed by atoms with van der Waals surface area (Å²) in [5.41, 5.74) is 11.1. The van der Waals surface area contributed by atoms with Gasteiger partial charge in [-0.3, -0.25) is 0 Å². The number of rotatable bonds is 0. The second-order valence-electron chi connectivity index (χ2n) is 2.19. The van der Waals surface area contributed by atoms with Crippen molar-refractivity contribution in [2.75, 3.05) is 20.0 Å². The average molecular weight is 132 g/mol. The Balaban J connectivity index is 2.32. The maximum absolute atomic E-state index is 5.55. The fourth-order valence-corrected chi connectivity index (χ4v) is 0.675. The monoisotopic (exact) mass is 132 g/mol. The Morgan fingerprint density at radius 3 is 1.89 bits per heavy atom. The van der Waals surface area contributed by atoms with Crippen LogP contribution in [0.4, 0.5) is 0 Å². The van der Waals surface area contributed by atoms with Gasteiger partial charge in [-0.1, -0.05) is 0 Å². The number of hydrogen-bond donors (Lipinski definition) is 2. The lowest BCUT2D eigenvalue weighted by Gasteiger charge is -2.12. The molecule has 0 saturated carbocycles. The Bertz CT molecular complexity index is 79.0. The van der Waals surface area contributed by atoms with Crippen molar-refractivity contribution in [3.8, 4) is 0 Å². The van der Waals surface area contributed by atoms with Gasteiger partial charge < -0.3 is 20.9 Å². The molecule has 0 bridgehead atoms. The standard InChI is InChI=1S/C5H12N2O2/c6-4-1-8-3-9-2-5(4)7/h4-5H,1-3,6-7H2. The molecule has 1 saturated heterocycles. The lowest BCUT2D eigenvalue weighted by molar-refractivity contribution is -0.0338. The third-order valence-electron chi connectivity index (χ3n) is 1.34. The first-order chi connectivity index (χ1) is 4.30. The first kappa shape index (κ1) is 6.95. The van der Waals surface area contributed by atoms with Crippen molar-refractivity contribution in [3.63, 3.8) is 0 Å². The van der Waals surface area contributed by atoms with Gasteiger partial charge in [0.05, 0.1) is 13.2 Å². The van der Waals surface area contributed by atoms with E-state index in [9.17, 15) is 0 Å². The van der Waals surface area contributed by atoms with E-state index in [0.29, 0.717) is 20.0 Å². The molecule has 1 aliphatic heterocycles. The van der Waals surface area contributed by atoms with E-state index in [1.54, 1.807) is 0 Å². The largest absolute Gasteiger partial charge is 0.354 e. The molecular formula is C5H12N2O2. The Hall–Kier alpha value is -0.160. The van der Waals surface area contributed by atoms with Gasteiger partial charge in [-0.15, -0.1) is 0 Å². The summed E-state index contributed by atoms with van der Waals surface area (Å²) < 4.78 is 9.90. The van der Waals surface area contributed by atoms with Crippen LogP contribution in [0.15, 0.2) is 0 Å². The molecule has 2 unspecified atom stereocenters. The number of ether oxygens (including phenoxy) is 2. The van der Waals surface area contributed by atoms with Crippen molar-refractivity contribution < 1.29 is 9.47 Å². The quantitative estimate of drug-likeness (QED) is 0.427. The molecule has 1 heterocycles. The Morgan fingerprint density at radius 1 is 1.00 bits per heavy atom. The molecule has 0 aromatic carbocycles. The normalized spacial score (nSPS) is 38.0. The molecule has 0 spiro atoms. The zero-order chi connectivity index (χ0) is 6.69. The second-order valence-corrected chi connectivity index (χ2v) is 2.19. The number of hydrogen-bond acceptors (Lipinski definition) is 4. The van der Waals surface area contributed by atoms with E-state index >= 15 is 0 Å². The third-order valence-corrected chi connectivity index (χ3v) is 1.34. The van der Waals surface area contributed by atoms with Gasteiger partial charge in [0.1, 0.15) is 6.79 Å². The van der Waals surface area contributed by atoms with Crippen LogP contribution < -0.4 is 11.5 Å². The summed E-state index contributed by atoms with van der Waals surface area (Å²) in [5.74, 6) is 0. The zero-order valence-electron chi connectivity index (χ0n) is 5.25. The maximum atomic E-state index is 5.55. The fraction of sp³-hybridized carbons (Fsp3) is 1.00. The van der Waals surface area contributed by atoms with Gasteiger partial charge in [0.25, 0.3) is 0 Å².